The molecule has 0 bridgehead atoms. The Morgan fingerprint density at radius 3 is 2.19 bits per heavy atom. The second kappa shape index (κ2) is 9.92. The molecule has 1 aliphatic carbocycles. The van der Waals surface area contributed by atoms with Crippen LogP contribution in [0.25, 0.3) is 0 Å². The number of anilines is 1. The highest BCUT2D eigenvalue weighted by Crippen LogP contribution is 2.17. The predicted molar refractivity (Wildman–Crippen MR) is 105 cm³/mol. The van der Waals surface area contributed by atoms with Gasteiger partial charge in [0.2, 0.25) is 15.9 Å². The number of carbonyl (C=O) groups excluding carboxylic acids is 1. The molecule has 0 aliphatic heterocycles. The molecule has 3 N–H and O–H groups in total. The fourth-order valence-corrected chi connectivity index (χ4v) is 4.44. The number of nitrogens with one attached hydrogen (secondary N) is 3. The Morgan fingerprint density at radius 1 is 1.04 bits per heavy atom. The van der Waals surface area contributed by atoms with Crippen LogP contribution in [-0.2, 0) is 14.8 Å². The van der Waals surface area contributed by atoms with E-state index in [-0.39, 0.29) is 29.4 Å². The van der Waals surface area contributed by atoms with Crippen molar-refractivity contribution in [3.05, 3.63) is 24.3 Å². The fourth-order valence-electron chi connectivity index (χ4n) is 3.19. The summed E-state index contributed by atoms with van der Waals surface area (Å²) in [7, 11) is -3.49. The van der Waals surface area contributed by atoms with Crippen molar-refractivity contribution in [1.29, 1.82) is 0 Å². The van der Waals surface area contributed by atoms with Gasteiger partial charge in [-0.1, -0.05) is 32.1 Å². The van der Waals surface area contributed by atoms with Gasteiger partial charge in [-0.05, 0) is 51.0 Å². The summed E-state index contributed by atoms with van der Waals surface area (Å²) in [6.45, 7) is 3.75. The molecule has 1 aliphatic rings. The zero-order valence-corrected chi connectivity index (χ0v) is 16.6. The molecule has 0 unspecified atom stereocenters. The molecule has 1 aromatic rings. The monoisotopic (exact) mass is 381 g/mol. The molecule has 1 amide bonds. The molecule has 0 atom stereocenters. The van der Waals surface area contributed by atoms with Crippen LogP contribution in [0.3, 0.4) is 0 Å². The van der Waals surface area contributed by atoms with Crippen LogP contribution < -0.4 is 15.4 Å². The standard InChI is InChI=1S/C19H31N3O3S/c1-15(2)22-26(24,25)18-12-10-16(11-13-18)20-14-19(23)21-17-8-6-4-3-5-7-9-17/h10-13,15,17,20,22H,3-9,14H2,1-2H3,(H,21,23). The van der Waals surface area contributed by atoms with Gasteiger partial charge < -0.3 is 10.6 Å². The number of carbonyl (C=O) groups is 1. The molecule has 0 aromatic heterocycles. The largest absolute Gasteiger partial charge is 0.376 e. The number of sulfonamides is 1. The maximum absolute atomic E-state index is 12.2. The first-order chi connectivity index (χ1) is 12.4. The van der Waals surface area contributed by atoms with E-state index < -0.39 is 10.0 Å². The van der Waals surface area contributed by atoms with E-state index in [1.54, 1.807) is 38.1 Å². The first kappa shape index (κ1) is 20.7. The topological polar surface area (TPSA) is 87.3 Å². The van der Waals surface area contributed by atoms with Crippen molar-refractivity contribution in [3.8, 4) is 0 Å². The third-order valence-electron chi connectivity index (χ3n) is 4.48. The number of amides is 1. The molecule has 1 saturated carbocycles. The molecule has 0 radical (unpaired) electrons. The predicted octanol–water partition coefficient (Wildman–Crippen LogP) is 3.01. The van der Waals surface area contributed by atoms with Gasteiger partial charge in [-0.15, -0.1) is 0 Å². The summed E-state index contributed by atoms with van der Waals surface area (Å²) in [4.78, 5) is 12.4. The summed E-state index contributed by atoms with van der Waals surface area (Å²) in [5.41, 5.74) is 0.723. The number of hydrogen-bond donors (Lipinski definition) is 3. The zero-order valence-electron chi connectivity index (χ0n) is 15.8. The minimum absolute atomic E-state index is 0.0197. The highest BCUT2D eigenvalue weighted by molar-refractivity contribution is 7.89. The maximum Gasteiger partial charge on any atom is 0.240 e. The van der Waals surface area contributed by atoms with Crippen LogP contribution >= 0.6 is 0 Å². The smallest absolute Gasteiger partial charge is 0.240 e. The van der Waals surface area contributed by atoms with Gasteiger partial charge in [-0.25, -0.2) is 13.1 Å². The summed E-state index contributed by atoms with van der Waals surface area (Å²) in [6, 6.07) is 6.56. The fraction of sp³-hybridized carbons (Fsp3) is 0.632. The van der Waals surface area contributed by atoms with E-state index in [4.69, 9.17) is 0 Å². The lowest BCUT2D eigenvalue weighted by Crippen LogP contribution is -2.38. The van der Waals surface area contributed by atoms with Gasteiger partial charge in [0.05, 0.1) is 11.4 Å². The summed E-state index contributed by atoms with van der Waals surface area (Å²) < 4.78 is 26.7. The van der Waals surface area contributed by atoms with Crippen LogP contribution in [0, 0.1) is 0 Å². The van der Waals surface area contributed by atoms with Crippen molar-refractivity contribution >= 4 is 21.6 Å². The Balaban J connectivity index is 1.82. The summed E-state index contributed by atoms with van der Waals surface area (Å²) in [5, 5.41) is 6.16. The van der Waals surface area contributed by atoms with Gasteiger partial charge in [0, 0.05) is 17.8 Å². The average molecular weight is 382 g/mol. The lowest BCUT2D eigenvalue weighted by Gasteiger charge is -2.21. The highest BCUT2D eigenvalue weighted by atomic mass is 32.2. The second-order valence-electron chi connectivity index (χ2n) is 7.26. The SMILES string of the molecule is CC(C)NS(=O)(=O)c1ccc(NCC(=O)NC2CCCCCCC2)cc1. The molecule has 1 aromatic carbocycles. The molecule has 1 fully saturated rings. The zero-order chi connectivity index (χ0) is 19.0. The molecule has 146 valence electrons. The second-order valence-corrected chi connectivity index (χ2v) is 8.98. The van der Waals surface area contributed by atoms with Crippen molar-refractivity contribution < 1.29 is 13.2 Å². The highest BCUT2D eigenvalue weighted by Gasteiger charge is 2.16. The Hall–Kier alpha value is -1.60. The molecule has 0 spiro atoms. The Bertz CT molecular complexity index is 664. The first-order valence-corrected chi connectivity index (χ1v) is 11.0. The normalized spacial score (nSPS) is 16.7. The number of hydrogen-bond acceptors (Lipinski definition) is 4. The van der Waals surface area contributed by atoms with Crippen LogP contribution in [0.1, 0.15) is 58.8 Å². The van der Waals surface area contributed by atoms with Crippen LogP contribution in [0.4, 0.5) is 5.69 Å². The van der Waals surface area contributed by atoms with Crippen LogP contribution in [-0.4, -0.2) is 33.0 Å². The number of rotatable bonds is 7. The molecule has 26 heavy (non-hydrogen) atoms. The van der Waals surface area contributed by atoms with E-state index >= 15 is 0 Å². The summed E-state index contributed by atoms with van der Waals surface area (Å²) in [5.74, 6) is -0.0197. The summed E-state index contributed by atoms with van der Waals surface area (Å²) in [6.07, 6.45) is 8.29. The average Bonchev–Trinajstić information content (AvgIpc) is 2.54. The molecule has 7 heteroatoms. The lowest BCUT2D eigenvalue weighted by atomic mass is 9.97. The van der Waals surface area contributed by atoms with Gasteiger partial charge in [-0.2, -0.15) is 0 Å². The quantitative estimate of drug-likeness (QED) is 0.677. The number of benzene rings is 1. The van der Waals surface area contributed by atoms with Crippen molar-refractivity contribution in [2.24, 2.45) is 0 Å². The van der Waals surface area contributed by atoms with Crippen molar-refractivity contribution in [2.75, 3.05) is 11.9 Å². The lowest BCUT2D eigenvalue weighted by molar-refractivity contribution is -0.120. The third-order valence-corrected chi connectivity index (χ3v) is 6.15. The molecule has 0 saturated heterocycles. The third kappa shape index (κ3) is 6.96. The van der Waals surface area contributed by atoms with Gasteiger partial charge in [0.25, 0.3) is 0 Å². The van der Waals surface area contributed by atoms with Crippen LogP contribution in [0.15, 0.2) is 29.2 Å². The Labute approximate surface area is 157 Å². The van der Waals surface area contributed by atoms with Gasteiger partial charge in [0.15, 0.2) is 0 Å². The van der Waals surface area contributed by atoms with E-state index in [0.717, 1.165) is 18.5 Å². The molecular weight excluding hydrogens is 350 g/mol. The Morgan fingerprint density at radius 2 is 1.62 bits per heavy atom. The maximum atomic E-state index is 12.2. The van der Waals surface area contributed by atoms with Crippen molar-refractivity contribution in [1.82, 2.24) is 10.0 Å². The van der Waals surface area contributed by atoms with E-state index in [0.29, 0.717) is 0 Å². The van der Waals surface area contributed by atoms with Gasteiger partial charge in [0.1, 0.15) is 0 Å². The van der Waals surface area contributed by atoms with Gasteiger partial charge >= 0.3 is 0 Å². The molecule has 6 nitrogen and oxygen atoms in total. The molecular formula is C19H31N3O3S. The first-order valence-electron chi connectivity index (χ1n) is 9.52. The minimum Gasteiger partial charge on any atom is -0.376 e. The van der Waals surface area contributed by atoms with E-state index in [1.165, 1.54) is 32.1 Å². The van der Waals surface area contributed by atoms with Crippen LogP contribution in [0.2, 0.25) is 0 Å². The minimum atomic E-state index is -3.49. The van der Waals surface area contributed by atoms with E-state index in [2.05, 4.69) is 15.4 Å². The van der Waals surface area contributed by atoms with Crippen molar-refractivity contribution in [3.63, 3.8) is 0 Å². The molecule has 2 rings (SSSR count). The van der Waals surface area contributed by atoms with E-state index in [9.17, 15) is 13.2 Å². The Kier molecular flexibility index (Phi) is 7.90. The van der Waals surface area contributed by atoms with Gasteiger partial charge in [-0.3, -0.25) is 4.79 Å². The molecule has 0 heterocycles. The van der Waals surface area contributed by atoms with Crippen LogP contribution in [0.5, 0.6) is 0 Å². The van der Waals surface area contributed by atoms with E-state index in [1.807, 2.05) is 0 Å². The van der Waals surface area contributed by atoms with Crippen molar-refractivity contribution in [2.45, 2.75) is 75.8 Å². The summed E-state index contributed by atoms with van der Waals surface area (Å²) >= 11 is 0.